The zero-order valence-corrected chi connectivity index (χ0v) is 46.8. The van der Waals surface area contributed by atoms with Gasteiger partial charge >= 0.3 is 6.09 Å². The summed E-state index contributed by atoms with van der Waals surface area (Å²) in [5.41, 5.74) is 3.52. The number of nitrogens with zero attached hydrogens (tertiary/aromatic N) is 13. The van der Waals surface area contributed by atoms with Gasteiger partial charge in [-0.05, 0) is 69.4 Å². The Kier molecular flexibility index (Phi) is 17.3. The van der Waals surface area contributed by atoms with Gasteiger partial charge in [0.15, 0.2) is 22.8 Å². The number of carbonyl (C=O) groups is 3. The normalized spacial score (nSPS) is 19.5. The van der Waals surface area contributed by atoms with Gasteiger partial charge in [-0.3, -0.25) is 14.3 Å². The van der Waals surface area contributed by atoms with E-state index in [0.717, 1.165) is 89.7 Å². The Morgan fingerprint density at radius 3 is 2.36 bits per heavy atom. The first kappa shape index (κ1) is 54.9. The fourth-order valence-corrected chi connectivity index (χ4v) is 11.3. The van der Waals surface area contributed by atoms with Crippen LogP contribution in [0.25, 0.3) is 11.2 Å². The van der Waals surface area contributed by atoms with E-state index >= 15 is 4.39 Å². The molecule has 1 aromatic carbocycles. The van der Waals surface area contributed by atoms with Crippen molar-refractivity contribution in [2.45, 2.75) is 108 Å². The van der Waals surface area contributed by atoms with Crippen molar-refractivity contribution in [1.29, 1.82) is 0 Å². The molecule has 3 amide bonds. The van der Waals surface area contributed by atoms with E-state index in [1.807, 2.05) is 24.9 Å². The van der Waals surface area contributed by atoms with E-state index in [-0.39, 0.29) is 37.0 Å². The van der Waals surface area contributed by atoms with Crippen molar-refractivity contribution in [3.05, 3.63) is 42.5 Å². The van der Waals surface area contributed by atoms with E-state index in [1.54, 1.807) is 66.4 Å². The third-order valence-electron chi connectivity index (χ3n) is 15.0. The number of rotatable bonds is 22. The third-order valence-corrected chi connectivity index (χ3v) is 16.7. The molecule has 0 bridgehead atoms. The van der Waals surface area contributed by atoms with Crippen molar-refractivity contribution < 1.29 is 33.0 Å². The first-order chi connectivity index (χ1) is 37.1. The highest BCUT2D eigenvalue weighted by molar-refractivity contribution is 6.76. The second kappa shape index (κ2) is 24.2. The number of nitrogens with one attached hydrogen (secondary N) is 4. The molecule has 0 radical (unpaired) electrons. The van der Waals surface area contributed by atoms with Gasteiger partial charge in [0.1, 0.15) is 29.3 Å². The van der Waals surface area contributed by atoms with Gasteiger partial charge in [-0.1, -0.05) is 39.4 Å². The number of likely N-dealkylation sites (N-methyl/N-ethyl adjacent to an activating group) is 1. The first-order valence-electron chi connectivity index (χ1n) is 27.1. The van der Waals surface area contributed by atoms with Gasteiger partial charge in [-0.15, -0.1) is 5.10 Å². The van der Waals surface area contributed by atoms with Gasteiger partial charge in [0, 0.05) is 79.6 Å². The number of benzene rings is 1. The molecule has 25 heteroatoms. The second-order valence-electron chi connectivity index (χ2n) is 21.7. The van der Waals surface area contributed by atoms with E-state index in [9.17, 15) is 14.4 Å². The Bertz CT molecular complexity index is 2870. The van der Waals surface area contributed by atoms with Crippen LogP contribution in [0.2, 0.25) is 25.7 Å². The minimum absolute atomic E-state index is 0.00539. The van der Waals surface area contributed by atoms with Crippen LogP contribution in [0.5, 0.6) is 11.6 Å². The zero-order valence-electron chi connectivity index (χ0n) is 45.8. The summed E-state index contributed by atoms with van der Waals surface area (Å²) in [5, 5.41) is 17.1. The lowest BCUT2D eigenvalue weighted by Gasteiger charge is -2.43. The summed E-state index contributed by atoms with van der Waals surface area (Å²) < 4.78 is 35.7. The predicted octanol–water partition coefficient (Wildman–Crippen LogP) is 5.78. The van der Waals surface area contributed by atoms with Crippen LogP contribution in [0.3, 0.4) is 0 Å². The largest absolute Gasteiger partial charge is 0.495 e. The van der Waals surface area contributed by atoms with Crippen molar-refractivity contribution >= 4 is 77.7 Å². The van der Waals surface area contributed by atoms with E-state index in [0.29, 0.717) is 89.3 Å². The van der Waals surface area contributed by atoms with Gasteiger partial charge < -0.3 is 64.5 Å². The highest BCUT2D eigenvalue weighted by Crippen LogP contribution is 2.41. The molecule has 4 aliphatic rings. The van der Waals surface area contributed by atoms with E-state index in [4.69, 9.17) is 34.3 Å². The lowest BCUT2D eigenvalue weighted by atomic mass is 10.0. The van der Waals surface area contributed by atoms with E-state index < -0.39 is 26.4 Å². The number of amides is 3. The number of halogens is 1. The molecule has 4 N–H and O–H groups in total. The molecule has 0 unspecified atom stereocenters. The van der Waals surface area contributed by atoms with Crippen LogP contribution in [-0.2, 0) is 23.1 Å². The summed E-state index contributed by atoms with van der Waals surface area (Å²) in [7, 11) is 5.38. The number of hydrogen-bond donors (Lipinski definition) is 4. The molecule has 3 fully saturated rings. The third kappa shape index (κ3) is 12.9. The molecule has 9 rings (SSSR count). The van der Waals surface area contributed by atoms with Crippen LogP contribution in [-0.4, -0.2) is 186 Å². The lowest BCUT2D eigenvalue weighted by molar-refractivity contribution is -0.120. The van der Waals surface area contributed by atoms with Gasteiger partial charge in [-0.2, -0.15) is 15.0 Å². The number of ether oxygens (including phenoxy) is 3. The number of piperazine rings is 1. The monoisotopic (exact) mass is 1080 g/mol. The quantitative estimate of drug-likeness (QED) is 0.0476. The van der Waals surface area contributed by atoms with Crippen molar-refractivity contribution in [1.82, 2.24) is 59.7 Å². The van der Waals surface area contributed by atoms with Crippen LogP contribution in [0.1, 0.15) is 62.2 Å². The molecule has 23 nitrogen and oxygen atoms in total. The predicted molar refractivity (Wildman–Crippen MR) is 297 cm³/mol. The Balaban J connectivity index is 0.710. The summed E-state index contributed by atoms with van der Waals surface area (Å²) in [4.78, 5) is 73.3. The first-order valence-corrected chi connectivity index (χ1v) is 30.8. The van der Waals surface area contributed by atoms with Crippen molar-refractivity contribution in [2.75, 3.05) is 112 Å². The summed E-state index contributed by atoms with van der Waals surface area (Å²) >= 11 is 0. The Labute approximate surface area is 450 Å². The van der Waals surface area contributed by atoms with Crippen molar-refractivity contribution in [3.63, 3.8) is 0 Å². The molecule has 77 heavy (non-hydrogen) atoms. The summed E-state index contributed by atoms with van der Waals surface area (Å²) in [6.45, 7) is 15.9. The Morgan fingerprint density at radius 1 is 0.896 bits per heavy atom. The van der Waals surface area contributed by atoms with Gasteiger partial charge in [0.05, 0.1) is 57.8 Å². The smallest absolute Gasteiger partial charge is 0.407 e. The molecule has 3 atom stereocenters. The minimum atomic E-state index is -1.39. The van der Waals surface area contributed by atoms with Crippen LogP contribution in [0.4, 0.5) is 49.8 Å². The van der Waals surface area contributed by atoms with Crippen LogP contribution < -0.4 is 45.4 Å². The number of aromatic nitrogens is 8. The fraction of sp³-hybridized carbons (Fsp3) is 0.596. The number of methoxy groups -OCH3 is 2. The summed E-state index contributed by atoms with van der Waals surface area (Å²) in [6, 6.07) is 5.35. The van der Waals surface area contributed by atoms with Crippen molar-refractivity contribution in [3.8, 4) is 11.6 Å². The molecular weight excluding hydrogens is 1010 g/mol. The number of alkyl carbamates (subject to hydrolysis) is 1. The molecule has 4 aromatic heterocycles. The summed E-state index contributed by atoms with van der Waals surface area (Å²) in [5.74, 6) is 2.66. The molecule has 7 heterocycles. The lowest BCUT2D eigenvalue weighted by Crippen LogP contribution is -2.55. The molecule has 5 aromatic rings. The number of anilines is 7. The minimum Gasteiger partial charge on any atom is -0.495 e. The Hall–Kier alpha value is -6.86. The van der Waals surface area contributed by atoms with Crippen LogP contribution in [0, 0.1) is 0 Å². The molecular formula is C52H76FN17O6Si. The van der Waals surface area contributed by atoms with Crippen LogP contribution in [0.15, 0.2) is 36.9 Å². The standard InChI is InChI=1S/C52H76FN17O6Si/c1-9-40-49(72)65(3)41-29-55-50(61-45(41)70(40)35-14-10-11-15-35)58-37-17-16-34(28-42(37)74-4)47(71)54-18-12-19-66-22-24-67(25-23-66)20-13-21-69-32-39(48(63-69)75-5)57-44-43-46(64(2)33-56-43)62-51(60-44)68-30-36(53)38(31-68)59-52(73)76-26-27-77(6,7)8/h16-17,28-29,32-33,35-36,38,40H,9-15,18-27,30-31H2,1-8H3,(H,54,71)(H,59,73)(H,55,58,61)(H,57,60,62)/t36-,38-,40-/m1/s1. The van der Waals surface area contributed by atoms with Crippen LogP contribution >= 0.6 is 0 Å². The average Bonchev–Trinajstić information content (AvgIpc) is 4.26. The number of imidazole rings is 1. The number of carbonyl (C=O) groups excluding carboxylic acids is 3. The van der Waals surface area contributed by atoms with Crippen molar-refractivity contribution in [2.24, 2.45) is 7.05 Å². The number of alkyl halides is 1. The SMILES string of the molecule is CC[C@@H]1C(=O)N(C)c2cnc(Nc3ccc(C(=O)NCCCN4CCN(CCCn5cc(Nc6nc(N7C[C@@H](F)[C@H](NC(=O)OCC[Si](C)(C)C)C7)nc7c6ncn7C)c(OC)n5)CC4)cc3OC)nc2N1C1CCCC1. The highest BCUT2D eigenvalue weighted by Gasteiger charge is 2.42. The van der Waals surface area contributed by atoms with Gasteiger partial charge in [-0.25, -0.2) is 19.2 Å². The van der Waals surface area contributed by atoms with Gasteiger partial charge in [0.2, 0.25) is 17.8 Å². The zero-order chi connectivity index (χ0) is 54.4. The Morgan fingerprint density at radius 2 is 1.65 bits per heavy atom. The number of fused-ring (bicyclic) bond motifs is 2. The molecule has 416 valence electrons. The maximum Gasteiger partial charge on any atom is 0.407 e. The topological polar surface area (TPSA) is 230 Å². The molecule has 0 spiro atoms. The molecule has 1 saturated carbocycles. The maximum atomic E-state index is 15.3. The van der Waals surface area contributed by atoms with E-state index in [1.165, 1.54) is 0 Å². The maximum absolute atomic E-state index is 15.3. The molecule has 3 aliphatic heterocycles. The molecule has 2 saturated heterocycles. The number of aryl methyl sites for hydroxylation is 2. The highest BCUT2D eigenvalue weighted by atomic mass is 28.3. The second-order valence-corrected chi connectivity index (χ2v) is 27.3. The summed E-state index contributed by atoms with van der Waals surface area (Å²) in [6.07, 6.45) is 10.0. The van der Waals surface area contributed by atoms with Gasteiger partial charge in [0.25, 0.3) is 11.8 Å². The van der Waals surface area contributed by atoms with E-state index in [2.05, 4.69) is 65.6 Å². The number of hydrogen-bond acceptors (Lipinski definition) is 18. The molecule has 1 aliphatic carbocycles. The fourth-order valence-electron chi connectivity index (χ4n) is 10.6. The average molecular weight is 1080 g/mol.